The number of unbranched alkanes of at least 4 members (excludes halogenated alkanes) is 3. The summed E-state index contributed by atoms with van der Waals surface area (Å²) in [6.07, 6.45) is -13.2. The Morgan fingerprint density at radius 1 is 0.892 bits per heavy atom. The van der Waals surface area contributed by atoms with Gasteiger partial charge in [0.1, 0.15) is 48.8 Å². The normalized spacial score (nSPS) is 36.2. The summed E-state index contributed by atoms with van der Waals surface area (Å²) in [7, 11) is 0. The first-order valence-corrected chi connectivity index (χ1v) is 12.8. The maximum atomic E-state index is 13.1. The van der Waals surface area contributed by atoms with Crippen molar-refractivity contribution in [2.45, 2.75) is 94.0 Å². The summed E-state index contributed by atoms with van der Waals surface area (Å²) in [5.74, 6) is -0.0911. The number of carbonyl (C=O) groups is 1. The molecule has 37 heavy (non-hydrogen) atoms. The molecular weight excluding hydrogens is 522 g/mol. The lowest BCUT2D eigenvalue weighted by Crippen LogP contribution is -2.67. The van der Waals surface area contributed by atoms with Crippen LogP contribution in [0, 0.1) is 4.91 Å². The van der Waals surface area contributed by atoms with E-state index in [1.54, 1.807) is 0 Å². The number of amides is 2. The van der Waals surface area contributed by atoms with E-state index in [9.17, 15) is 45.4 Å². The van der Waals surface area contributed by atoms with Gasteiger partial charge >= 0.3 is 6.03 Å². The van der Waals surface area contributed by atoms with E-state index in [4.69, 9.17) is 25.8 Å². The third kappa shape index (κ3) is 7.67. The van der Waals surface area contributed by atoms with Crippen molar-refractivity contribution >= 4 is 17.6 Å². The highest BCUT2D eigenvalue weighted by Crippen LogP contribution is 2.31. The quantitative estimate of drug-likeness (QED) is 0.0554. The van der Waals surface area contributed by atoms with Gasteiger partial charge in [-0.2, -0.15) is 5.01 Å². The Morgan fingerprint density at radius 3 is 2.14 bits per heavy atom. The highest BCUT2D eigenvalue weighted by Gasteiger charge is 2.52. The average molecular weight is 560 g/mol. The zero-order valence-corrected chi connectivity index (χ0v) is 21.3. The largest absolute Gasteiger partial charge is 0.394 e. The molecule has 2 fully saturated rings. The van der Waals surface area contributed by atoms with E-state index >= 15 is 0 Å². The van der Waals surface area contributed by atoms with Gasteiger partial charge in [0, 0.05) is 12.4 Å². The Kier molecular flexibility index (Phi) is 13.3. The number of ether oxygens (including phenoxy) is 3. The van der Waals surface area contributed by atoms with Gasteiger partial charge in [-0.05, 0) is 6.42 Å². The Labute approximate surface area is 219 Å². The molecule has 1 unspecified atom stereocenters. The molecule has 0 aliphatic carbocycles. The monoisotopic (exact) mass is 559 g/mol. The fourth-order valence-electron chi connectivity index (χ4n) is 4.27. The minimum Gasteiger partial charge on any atom is -0.394 e. The molecule has 0 aromatic rings. The van der Waals surface area contributed by atoms with Crippen molar-refractivity contribution in [2.75, 3.05) is 32.2 Å². The molecule has 0 spiro atoms. The molecule has 2 saturated heterocycles. The average Bonchev–Trinajstić information content (AvgIpc) is 2.90. The summed E-state index contributed by atoms with van der Waals surface area (Å²) >= 11 is 5.65. The number of aliphatic hydroxyl groups excluding tert-OH is 7. The van der Waals surface area contributed by atoms with Crippen LogP contribution in [0.15, 0.2) is 5.29 Å². The van der Waals surface area contributed by atoms with Crippen molar-refractivity contribution in [3.63, 3.8) is 0 Å². The summed E-state index contributed by atoms with van der Waals surface area (Å²) in [6, 6.07) is -0.923. The molecular formula is C21H38ClN3O12. The van der Waals surface area contributed by atoms with Crippen molar-refractivity contribution in [3.8, 4) is 0 Å². The third-order valence-corrected chi connectivity index (χ3v) is 6.57. The number of aliphatic hydroxyl groups is 7. The first-order chi connectivity index (χ1) is 17.7. The van der Waals surface area contributed by atoms with E-state index < -0.39 is 80.6 Å². The first kappa shape index (κ1) is 32.0. The molecule has 2 heterocycles. The zero-order chi connectivity index (χ0) is 27.7. The number of alkyl halides is 1. The SMILES string of the molecule is CCCCCCN(C(=O)N(CCCl)N=O)C1O[C@H](CO)[C@@H](O[C@H]2O[C@H](CO)[C@@H](O)[C@H](O)[C@H]2O)[C@H](O)[C@H]1O. The van der Waals surface area contributed by atoms with Crippen LogP contribution in [0.25, 0.3) is 0 Å². The van der Waals surface area contributed by atoms with E-state index in [0.29, 0.717) is 11.4 Å². The molecule has 2 rings (SSSR count). The Bertz CT molecular complexity index is 708. The van der Waals surface area contributed by atoms with Crippen LogP contribution in [-0.2, 0) is 14.2 Å². The van der Waals surface area contributed by atoms with Crippen molar-refractivity contribution in [2.24, 2.45) is 5.29 Å². The van der Waals surface area contributed by atoms with Crippen LogP contribution in [0.1, 0.15) is 32.6 Å². The summed E-state index contributed by atoms with van der Waals surface area (Å²) < 4.78 is 16.6. The Balaban J connectivity index is 2.25. The second-order valence-corrected chi connectivity index (χ2v) is 9.34. The Hall–Kier alpha value is -1.24. The number of halogens is 1. The van der Waals surface area contributed by atoms with Gasteiger partial charge in [0.05, 0.1) is 25.0 Å². The molecule has 0 aromatic carbocycles. The van der Waals surface area contributed by atoms with Crippen molar-refractivity contribution in [1.29, 1.82) is 0 Å². The summed E-state index contributed by atoms with van der Waals surface area (Å²) in [4.78, 5) is 25.3. The van der Waals surface area contributed by atoms with Crippen molar-refractivity contribution in [1.82, 2.24) is 9.91 Å². The molecule has 7 N–H and O–H groups in total. The van der Waals surface area contributed by atoms with Crippen LogP contribution in [0.3, 0.4) is 0 Å². The standard InChI is InChI=1S/C21H38ClN3O12/c1-2-3-4-5-7-24(21(33)25(23-34)8-6-22)19-16(31)15(30)18(12(10-27)35-19)37-20-17(32)14(29)13(28)11(9-26)36-20/h11-20,26-32H,2-10H2,1H3/t11-,12-,13-,14+,15-,16-,17-,18-,19?,20-/m1/s1. The van der Waals surface area contributed by atoms with Gasteiger partial charge in [-0.3, -0.25) is 4.90 Å². The van der Waals surface area contributed by atoms with Crippen LogP contribution in [0.4, 0.5) is 4.79 Å². The van der Waals surface area contributed by atoms with Crippen molar-refractivity contribution in [3.05, 3.63) is 4.91 Å². The number of rotatable bonds is 13. The molecule has 0 radical (unpaired) electrons. The van der Waals surface area contributed by atoms with Gasteiger partial charge in [0.2, 0.25) is 0 Å². The van der Waals surface area contributed by atoms with E-state index in [1.807, 2.05) is 6.92 Å². The molecule has 2 aliphatic rings. The van der Waals surface area contributed by atoms with Gasteiger partial charge in [0.25, 0.3) is 0 Å². The predicted octanol–water partition coefficient (Wildman–Crippen LogP) is -2.16. The predicted molar refractivity (Wildman–Crippen MR) is 126 cm³/mol. The lowest BCUT2D eigenvalue weighted by atomic mass is 9.96. The van der Waals surface area contributed by atoms with Gasteiger partial charge in [-0.25, -0.2) is 4.79 Å². The van der Waals surface area contributed by atoms with E-state index in [2.05, 4.69) is 5.29 Å². The topological polar surface area (TPSA) is 222 Å². The fraction of sp³-hybridized carbons (Fsp3) is 0.952. The van der Waals surface area contributed by atoms with Gasteiger partial charge in [-0.15, -0.1) is 16.5 Å². The van der Waals surface area contributed by atoms with E-state index in [-0.39, 0.29) is 19.0 Å². The first-order valence-electron chi connectivity index (χ1n) is 12.2. The molecule has 16 heteroatoms. The molecule has 2 aliphatic heterocycles. The molecule has 2 amide bonds. The van der Waals surface area contributed by atoms with Crippen LogP contribution in [0.2, 0.25) is 0 Å². The molecule has 216 valence electrons. The van der Waals surface area contributed by atoms with Crippen LogP contribution in [-0.4, -0.2) is 145 Å². The lowest BCUT2D eigenvalue weighted by molar-refractivity contribution is -0.347. The minimum atomic E-state index is -1.81. The van der Waals surface area contributed by atoms with Crippen LogP contribution < -0.4 is 0 Å². The highest BCUT2D eigenvalue weighted by atomic mass is 35.5. The van der Waals surface area contributed by atoms with Gasteiger partial charge < -0.3 is 50.0 Å². The molecule has 0 saturated carbocycles. The van der Waals surface area contributed by atoms with Gasteiger partial charge in [-0.1, -0.05) is 26.2 Å². The number of nitrogens with zero attached hydrogens (tertiary/aromatic N) is 3. The molecule has 15 nitrogen and oxygen atoms in total. The van der Waals surface area contributed by atoms with Crippen LogP contribution in [0.5, 0.6) is 0 Å². The fourth-order valence-corrected chi connectivity index (χ4v) is 4.43. The number of nitroso groups, excluding NO2 is 1. The molecule has 0 bridgehead atoms. The van der Waals surface area contributed by atoms with Crippen molar-refractivity contribution < 1.29 is 54.8 Å². The number of hydrogen-bond donors (Lipinski definition) is 7. The van der Waals surface area contributed by atoms with E-state index in [1.165, 1.54) is 0 Å². The molecule has 0 aromatic heterocycles. The number of hydrogen-bond acceptors (Lipinski definition) is 13. The Morgan fingerprint density at radius 2 is 1.57 bits per heavy atom. The second-order valence-electron chi connectivity index (χ2n) is 8.96. The highest BCUT2D eigenvalue weighted by molar-refractivity contribution is 6.18. The van der Waals surface area contributed by atoms with E-state index in [0.717, 1.165) is 24.2 Å². The summed E-state index contributed by atoms with van der Waals surface area (Å²) in [5, 5.41) is 74.5. The minimum absolute atomic E-state index is 0.0258. The number of urea groups is 1. The maximum Gasteiger partial charge on any atom is 0.345 e. The lowest BCUT2D eigenvalue weighted by Gasteiger charge is -2.48. The third-order valence-electron chi connectivity index (χ3n) is 6.40. The number of carbonyl (C=O) groups excluding carboxylic acids is 1. The smallest absolute Gasteiger partial charge is 0.345 e. The molecule has 10 atom stereocenters. The maximum absolute atomic E-state index is 13.1. The van der Waals surface area contributed by atoms with Crippen LogP contribution >= 0.6 is 11.6 Å². The zero-order valence-electron chi connectivity index (χ0n) is 20.5. The van der Waals surface area contributed by atoms with Gasteiger partial charge in [0.15, 0.2) is 12.5 Å². The summed E-state index contributed by atoms with van der Waals surface area (Å²) in [5.41, 5.74) is 0. The summed E-state index contributed by atoms with van der Waals surface area (Å²) in [6.45, 7) is 0.317. The second kappa shape index (κ2) is 15.4.